The summed E-state index contributed by atoms with van der Waals surface area (Å²) in [5.41, 5.74) is 2.70. The fraction of sp³-hybridized carbons (Fsp3) is 0.480. The first kappa shape index (κ1) is 25.6. The first-order valence-electron chi connectivity index (χ1n) is 12.4. The van der Waals surface area contributed by atoms with Crippen LogP contribution in [0.1, 0.15) is 54.2 Å². The molecular formula is C25H31FN6O4S. The Balaban J connectivity index is 1.70. The predicted octanol–water partition coefficient (Wildman–Crippen LogP) is 2.98. The lowest BCUT2D eigenvalue weighted by molar-refractivity contribution is 0.0819. The minimum Gasteiger partial charge on any atom is -0.381 e. The molecule has 0 spiro atoms. The van der Waals surface area contributed by atoms with Crippen molar-refractivity contribution in [2.75, 3.05) is 39.2 Å². The third-order valence-corrected chi connectivity index (χ3v) is 8.66. The van der Waals surface area contributed by atoms with Gasteiger partial charge in [-0.3, -0.25) is 4.79 Å². The van der Waals surface area contributed by atoms with Crippen LogP contribution in [0.15, 0.2) is 30.3 Å². The molecule has 2 fully saturated rings. The Bertz CT molecular complexity index is 1410. The van der Waals surface area contributed by atoms with E-state index in [0.717, 1.165) is 53.2 Å². The number of nitrogens with one attached hydrogen (secondary N) is 1. The molecule has 0 unspecified atom stereocenters. The Hall–Kier alpha value is -3.09. The summed E-state index contributed by atoms with van der Waals surface area (Å²) < 4.78 is 48.6. The predicted molar refractivity (Wildman–Crippen MR) is 138 cm³/mol. The topological polar surface area (TPSA) is 110 Å². The highest BCUT2D eigenvalue weighted by atomic mass is 32.2. The number of carbonyl (C=O) groups is 1. The van der Waals surface area contributed by atoms with E-state index in [1.807, 2.05) is 0 Å². The van der Waals surface area contributed by atoms with Gasteiger partial charge in [0, 0.05) is 40.2 Å². The number of nitrogens with zero attached hydrogens (tertiary/aromatic N) is 5. The fourth-order valence-electron chi connectivity index (χ4n) is 4.81. The number of hydrogen-bond acceptors (Lipinski definition) is 7. The van der Waals surface area contributed by atoms with Crippen LogP contribution < -0.4 is 9.62 Å². The van der Waals surface area contributed by atoms with Crippen molar-refractivity contribution in [1.82, 2.24) is 23.8 Å². The Labute approximate surface area is 215 Å². The van der Waals surface area contributed by atoms with E-state index in [4.69, 9.17) is 9.84 Å². The summed E-state index contributed by atoms with van der Waals surface area (Å²) in [5.74, 6) is -0.946. The minimum atomic E-state index is -4.02. The van der Waals surface area contributed by atoms with E-state index in [1.54, 1.807) is 30.0 Å². The van der Waals surface area contributed by atoms with Crippen LogP contribution in [0.25, 0.3) is 16.7 Å². The van der Waals surface area contributed by atoms with Gasteiger partial charge in [-0.2, -0.15) is 17.8 Å². The van der Waals surface area contributed by atoms with Gasteiger partial charge < -0.3 is 9.64 Å². The summed E-state index contributed by atoms with van der Waals surface area (Å²) in [6.07, 6.45) is 4.92. The quantitative estimate of drug-likeness (QED) is 0.500. The number of piperidine rings is 1. The number of methoxy groups -OCH3 is 1. The maximum absolute atomic E-state index is 13.7. The highest BCUT2D eigenvalue weighted by Gasteiger charge is 2.32. The minimum absolute atomic E-state index is 0.0368. The summed E-state index contributed by atoms with van der Waals surface area (Å²) in [4.78, 5) is 20.0. The molecule has 1 N–H and O–H groups in total. The number of benzene rings is 1. The Morgan fingerprint density at radius 1 is 1.14 bits per heavy atom. The monoisotopic (exact) mass is 530 g/mol. The van der Waals surface area contributed by atoms with E-state index in [-0.39, 0.29) is 23.5 Å². The van der Waals surface area contributed by atoms with Crippen molar-refractivity contribution in [2.45, 2.75) is 44.1 Å². The molecule has 1 aromatic carbocycles. The van der Waals surface area contributed by atoms with Gasteiger partial charge in [0.05, 0.1) is 28.6 Å². The number of rotatable bonds is 7. The molecule has 0 radical (unpaired) electrons. The van der Waals surface area contributed by atoms with Crippen LogP contribution in [0.3, 0.4) is 0 Å². The van der Waals surface area contributed by atoms with Gasteiger partial charge >= 0.3 is 10.2 Å². The summed E-state index contributed by atoms with van der Waals surface area (Å²) in [6.45, 7) is 1.42. The molecular weight excluding hydrogens is 499 g/mol. The van der Waals surface area contributed by atoms with Gasteiger partial charge in [0.15, 0.2) is 5.65 Å². The molecule has 1 amide bonds. The van der Waals surface area contributed by atoms with Crippen molar-refractivity contribution < 1.29 is 22.3 Å². The number of ether oxygens (including phenoxy) is 1. The first-order valence-corrected chi connectivity index (χ1v) is 13.8. The van der Waals surface area contributed by atoms with E-state index < -0.39 is 16.1 Å². The van der Waals surface area contributed by atoms with Crippen molar-refractivity contribution in [3.63, 3.8) is 0 Å². The zero-order valence-electron chi connectivity index (χ0n) is 21.1. The van der Waals surface area contributed by atoms with Gasteiger partial charge in [-0.15, -0.1) is 0 Å². The Morgan fingerprint density at radius 2 is 1.81 bits per heavy atom. The summed E-state index contributed by atoms with van der Waals surface area (Å²) in [6, 6.07) is 7.59. The van der Waals surface area contributed by atoms with E-state index in [2.05, 4.69) is 14.6 Å². The molecule has 0 bridgehead atoms. The second-order valence-corrected chi connectivity index (χ2v) is 11.7. The number of hydrogen-bond donors (Lipinski definition) is 1. The normalized spacial score (nSPS) is 17.4. The number of aromatic nitrogens is 3. The van der Waals surface area contributed by atoms with Crippen LogP contribution in [0, 0.1) is 5.82 Å². The average molecular weight is 531 g/mol. The van der Waals surface area contributed by atoms with E-state index in [1.165, 1.54) is 26.2 Å². The molecule has 5 rings (SSSR count). The molecule has 3 aromatic rings. The zero-order chi connectivity index (χ0) is 26.3. The maximum Gasteiger partial charge on any atom is 0.303 e. The zero-order valence-corrected chi connectivity index (χ0v) is 22.0. The van der Waals surface area contributed by atoms with Crippen LogP contribution in [0.2, 0.25) is 0 Å². The average Bonchev–Trinajstić information content (AvgIpc) is 3.21. The summed E-state index contributed by atoms with van der Waals surface area (Å²) in [5, 5.41) is 5.77. The second-order valence-electron chi connectivity index (χ2n) is 9.77. The van der Waals surface area contributed by atoms with E-state index in [0.29, 0.717) is 24.4 Å². The molecule has 3 heterocycles. The van der Waals surface area contributed by atoms with Gasteiger partial charge in [-0.05, 0) is 56.0 Å². The molecule has 198 valence electrons. The lowest BCUT2D eigenvalue weighted by Gasteiger charge is -2.34. The van der Waals surface area contributed by atoms with Gasteiger partial charge in [0.25, 0.3) is 5.91 Å². The van der Waals surface area contributed by atoms with Crippen LogP contribution in [0.5, 0.6) is 0 Å². The highest BCUT2D eigenvalue weighted by molar-refractivity contribution is 7.87. The lowest BCUT2D eigenvalue weighted by atomic mass is 9.82. The van der Waals surface area contributed by atoms with Crippen molar-refractivity contribution in [3.05, 3.63) is 47.5 Å². The lowest BCUT2D eigenvalue weighted by Crippen LogP contribution is -2.40. The third-order valence-electron chi connectivity index (χ3n) is 7.26. The molecule has 1 saturated heterocycles. The van der Waals surface area contributed by atoms with Crippen molar-refractivity contribution in [1.29, 1.82) is 0 Å². The van der Waals surface area contributed by atoms with Crippen molar-refractivity contribution >= 4 is 32.8 Å². The number of anilines is 1. The molecule has 2 aliphatic rings. The van der Waals surface area contributed by atoms with Crippen LogP contribution in [-0.2, 0) is 14.9 Å². The fourth-order valence-corrected chi connectivity index (χ4v) is 5.33. The number of amides is 1. The summed E-state index contributed by atoms with van der Waals surface area (Å²) >= 11 is 0. The largest absolute Gasteiger partial charge is 0.381 e. The van der Waals surface area contributed by atoms with Gasteiger partial charge in [-0.25, -0.2) is 18.8 Å². The van der Waals surface area contributed by atoms with E-state index in [9.17, 15) is 17.6 Å². The number of pyridine rings is 1. The molecule has 12 heteroatoms. The van der Waals surface area contributed by atoms with Crippen LogP contribution >= 0.6 is 0 Å². The van der Waals surface area contributed by atoms with Crippen molar-refractivity contribution in [2.24, 2.45) is 0 Å². The molecule has 1 aliphatic heterocycles. The van der Waals surface area contributed by atoms with Gasteiger partial charge in [-0.1, -0.05) is 6.42 Å². The summed E-state index contributed by atoms with van der Waals surface area (Å²) in [7, 11) is 0.369. The molecule has 2 aromatic heterocycles. The number of halogens is 1. The second kappa shape index (κ2) is 9.99. The van der Waals surface area contributed by atoms with Gasteiger partial charge in [0.2, 0.25) is 0 Å². The molecule has 1 saturated carbocycles. The first-order chi connectivity index (χ1) is 17.7. The SMILES string of the molecule is COC1CCN(c2cc(C(=O)NS(=O)(=O)N(C)C)nc3c2c(C2CCC2)nn3-c2ccc(F)cc2)CC1. The van der Waals surface area contributed by atoms with Crippen LogP contribution in [0.4, 0.5) is 10.1 Å². The van der Waals surface area contributed by atoms with E-state index >= 15 is 0 Å². The maximum atomic E-state index is 13.7. The molecule has 1 aliphatic carbocycles. The van der Waals surface area contributed by atoms with Crippen LogP contribution in [-0.4, -0.2) is 73.8 Å². The Kier molecular flexibility index (Phi) is 6.90. The molecule has 37 heavy (non-hydrogen) atoms. The molecule has 0 atom stereocenters. The third kappa shape index (κ3) is 4.92. The molecule has 10 nitrogen and oxygen atoms in total. The van der Waals surface area contributed by atoms with Gasteiger partial charge in [0.1, 0.15) is 11.5 Å². The highest BCUT2D eigenvalue weighted by Crippen LogP contribution is 2.43. The number of fused-ring (bicyclic) bond motifs is 1. The number of carbonyl (C=O) groups excluding carboxylic acids is 1. The van der Waals surface area contributed by atoms with Crippen molar-refractivity contribution in [3.8, 4) is 5.69 Å². The standard InChI is InChI=1S/C25H31FN6O4S/c1-30(2)37(34,35)29-25(33)20-15-21(31-13-11-19(36-3)12-14-31)22-23(16-5-4-6-16)28-32(24(22)27-20)18-9-7-17(26)8-10-18/h7-10,15-16,19H,4-6,11-14H2,1-3H3,(H,29,33). The smallest absolute Gasteiger partial charge is 0.303 e. The Morgan fingerprint density at radius 3 is 2.38 bits per heavy atom.